The predicted molar refractivity (Wildman–Crippen MR) is 62.9 cm³/mol. The van der Waals surface area contributed by atoms with Crippen LogP contribution in [-0.4, -0.2) is 44.6 Å². The maximum atomic E-state index is 11.7. The van der Waals surface area contributed by atoms with Crippen molar-refractivity contribution in [3.63, 3.8) is 0 Å². The molecule has 1 unspecified atom stereocenters. The van der Waals surface area contributed by atoms with Gasteiger partial charge in [0.1, 0.15) is 0 Å². The average Bonchev–Trinajstić information content (AvgIpc) is 2.75. The standard InChI is InChI=1S/C10H17N5O3/c1-7(2-3-9(16)17)12-10(18)8-6-15(5-4-11)14-13-8/h6-7H,2-5,11H2,1H3,(H,12,18)(H,16,17). The molecule has 0 saturated carbocycles. The Morgan fingerprint density at radius 1 is 1.61 bits per heavy atom. The summed E-state index contributed by atoms with van der Waals surface area (Å²) >= 11 is 0. The average molecular weight is 255 g/mol. The summed E-state index contributed by atoms with van der Waals surface area (Å²) in [6, 6.07) is -0.228. The molecule has 0 fully saturated rings. The van der Waals surface area contributed by atoms with E-state index in [0.717, 1.165) is 0 Å². The number of amides is 1. The van der Waals surface area contributed by atoms with E-state index in [2.05, 4.69) is 15.6 Å². The molecule has 1 heterocycles. The second kappa shape index (κ2) is 6.70. The van der Waals surface area contributed by atoms with E-state index in [1.54, 1.807) is 6.92 Å². The van der Waals surface area contributed by atoms with Gasteiger partial charge >= 0.3 is 5.97 Å². The molecule has 1 aromatic heterocycles. The van der Waals surface area contributed by atoms with Crippen molar-refractivity contribution in [2.45, 2.75) is 32.4 Å². The number of carbonyl (C=O) groups excluding carboxylic acids is 1. The summed E-state index contributed by atoms with van der Waals surface area (Å²) in [7, 11) is 0. The van der Waals surface area contributed by atoms with E-state index in [1.165, 1.54) is 10.9 Å². The van der Waals surface area contributed by atoms with E-state index >= 15 is 0 Å². The molecule has 8 nitrogen and oxygen atoms in total. The first-order chi connectivity index (χ1) is 8.52. The first kappa shape index (κ1) is 14.1. The molecule has 4 N–H and O–H groups in total. The van der Waals surface area contributed by atoms with E-state index in [9.17, 15) is 9.59 Å². The molecule has 1 rings (SSSR count). The third kappa shape index (κ3) is 4.50. The monoisotopic (exact) mass is 255 g/mol. The second-order valence-electron chi connectivity index (χ2n) is 3.96. The molecule has 0 bridgehead atoms. The number of carbonyl (C=O) groups is 2. The number of nitrogens with one attached hydrogen (secondary N) is 1. The lowest BCUT2D eigenvalue weighted by atomic mass is 10.2. The normalized spacial score (nSPS) is 12.1. The minimum Gasteiger partial charge on any atom is -0.481 e. The maximum absolute atomic E-state index is 11.7. The summed E-state index contributed by atoms with van der Waals surface area (Å²) in [6.07, 6.45) is 1.89. The molecule has 0 saturated heterocycles. The molecule has 0 aromatic carbocycles. The van der Waals surface area contributed by atoms with Crippen LogP contribution in [0.3, 0.4) is 0 Å². The van der Waals surface area contributed by atoms with Gasteiger partial charge in [-0.15, -0.1) is 5.10 Å². The van der Waals surface area contributed by atoms with Crippen LogP contribution in [0.1, 0.15) is 30.3 Å². The van der Waals surface area contributed by atoms with Gasteiger partial charge in [0.15, 0.2) is 5.69 Å². The summed E-state index contributed by atoms with van der Waals surface area (Å²) in [5.41, 5.74) is 5.55. The molecule has 0 aliphatic rings. The Morgan fingerprint density at radius 2 is 2.33 bits per heavy atom. The van der Waals surface area contributed by atoms with Crippen molar-refractivity contribution in [3.05, 3.63) is 11.9 Å². The topological polar surface area (TPSA) is 123 Å². The molecule has 0 aliphatic carbocycles. The van der Waals surface area contributed by atoms with Gasteiger partial charge in [-0.1, -0.05) is 5.21 Å². The largest absolute Gasteiger partial charge is 0.481 e. The smallest absolute Gasteiger partial charge is 0.303 e. The van der Waals surface area contributed by atoms with E-state index in [4.69, 9.17) is 10.8 Å². The molecule has 0 radical (unpaired) electrons. The Morgan fingerprint density at radius 3 is 2.94 bits per heavy atom. The van der Waals surface area contributed by atoms with Gasteiger partial charge < -0.3 is 16.2 Å². The highest BCUT2D eigenvalue weighted by Gasteiger charge is 2.14. The molecule has 8 heteroatoms. The highest BCUT2D eigenvalue weighted by molar-refractivity contribution is 5.92. The van der Waals surface area contributed by atoms with Crippen LogP contribution in [0, 0.1) is 0 Å². The van der Waals surface area contributed by atoms with Crippen LogP contribution in [0.4, 0.5) is 0 Å². The van der Waals surface area contributed by atoms with Crippen LogP contribution in [0.5, 0.6) is 0 Å². The highest BCUT2D eigenvalue weighted by Crippen LogP contribution is 1.99. The van der Waals surface area contributed by atoms with Crippen molar-refractivity contribution in [2.75, 3.05) is 6.54 Å². The fourth-order valence-corrected chi connectivity index (χ4v) is 1.35. The third-order valence-electron chi connectivity index (χ3n) is 2.30. The van der Waals surface area contributed by atoms with Gasteiger partial charge in [0.25, 0.3) is 5.91 Å². The van der Waals surface area contributed by atoms with Crippen LogP contribution in [-0.2, 0) is 11.3 Å². The molecule has 1 aromatic rings. The minimum absolute atomic E-state index is 0.0152. The summed E-state index contributed by atoms with van der Waals surface area (Å²) in [5.74, 6) is -1.25. The fraction of sp³-hybridized carbons (Fsp3) is 0.600. The molecule has 0 spiro atoms. The highest BCUT2D eigenvalue weighted by atomic mass is 16.4. The van der Waals surface area contributed by atoms with Crippen molar-refractivity contribution < 1.29 is 14.7 Å². The number of aliphatic carboxylic acids is 1. The van der Waals surface area contributed by atoms with Crippen molar-refractivity contribution in [2.24, 2.45) is 5.73 Å². The fourth-order valence-electron chi connectivity index (χ4n) is 1.35. The molecule has 100 valence electrons. The van der Waals surface area contributed by atoms with Gasteiger partial charge in [-0.2, -0.15) is 0 Å². The van der Waals surface area contributed by atoms with Crippen molar-refractivity contribution in [3.8, 4) is 0 Å². The SMILES string of the molecule is CC(CCC(=O)O)NC(=O)c1cn(CCN)nn1. The van der Waals surface area contributed by atoms with Crippen LogP contribution >= 0.6 is 0 Å². The third-order valence-corrected chi connectivity index (χ3v) is 2.30. The Kier molecular flexibility index (Phi) is 5.25. The molecular weight excluding hydrogens is 238 g/mol. The number of aromatic nitrogens is 3. The Balaban J connectivity index is 2.45. The first-order valence-corrected chi connectivity index (χ1v) is 5.65. The minimum atomic E-state index is -0.884. The predicted octanol–water partition coefficient (Wildman–Crippen LogP) is -0.780. The molecular formula is C10H17N5O3. The second-order valence-corrected chi connectivity index (χ2v) is 3.96. The number of hydrogen-bond acceptors (Lipinski definition) is 5. The zero-order valence-electron chi connectivity index (χ0n) is 10.2. The number of hydrogen-bond donors (Lipinski definition) is 3. The lowest BCUT2D eigenvalue weighted by Gasteiger charge is -2.10. The zero-order valence-corrected chi connectivity index (χ0v) is 10.2. The Labute approximate surface area is 104 Å². The maximum Gasteiger partial charge on any atom is 0.303 e. The number of rotatable bonds is 7. The quantitative estimate of drug-likeness (QED) is 0.587. The van der Waals surface area contributed by atoms with Gasteiger partial charge in [-0.3, -0.25) is 14.3 Å². The van der Waals surface area contributed by atoms with Gasteiger partial charge in [-0.25, -0.2) is 0 Å². The molecule has 18 heavy (non-hydrogen) atoms. The summed E-state index contributed by atoms with van der Waals surface area (Å²) in [4.78, 5) is 22.1. The number of nitrogens with zero attached hydrogens (tertiary/aromatic N) is 3. The van der Waals surface area contributed by atoms with Gasteiger partial charge in [0, 0.05) is 19.0 Å². The van der Waals surface area contributed by atoms with Gasteiger partial charge in [0.05, 0.1) is 12.7 Å². The number of carboxylic acids is 1. The van der Waals surface area contributed by atoms with E-state index in [1.807, 2.05) is 0 Å². The Hall–Kier alpha value is -1.96. The van der Waals surface area contributed by atoms with Crippen molar-refractivity contribution in [1.82, 2.24) is 20.3 Å². The lowest BCUT2D eigenvalue weighted by molar-refractivity contribution is -0.137. The van der Waals surface area contributed by atoms with Crippen LogP contribution in [0.2, 0.25) is 0 Å². The van der Waals surface area contributed by atoms with E-state index in [-0.39, 0.29) is 24.1 Å². The summed E-state index contributed by atoms with van der Waals surface area (Å²) in [6.45, 7) is 2.65. The summed E-state index contributed by atoms with van der Waals surface area (Å²) in [5, 5.41) is 18.6. The number of nitrogens with two attached hydrogens (primary N) is 1. The summed E-state index contributed by atoms with van der Waals surface area (Å²) < 4.78 is 1.48. The van der Waals surface area contributed by atoms with Crippen LogP contribution in [0.15, 0.2) is 6.20 Å². The van der Waals surface area contributed by atoms with Gasteiger partial charge in [-0.05, 0) is 13.3 Å². The Bertz CT molecular complexity index is 417. The van der Waals surface area contributed by atoms with E-state index < -0.39 is 5.97 Å². The molecule has 1 amide bonds. The molecule has 1 atom stereocenters. The van der Waals surface area contributed by atoms with Crippen LogP contribution in [0.25, 0.3) is 0 Å². The van der Waals surface area contributed by atoms with E-state index in [0.29, 0.717) is 19.5 Å². The van der Waals surface area contributed by atoms with Crippen molar-refractivity contribution in [1.29, 1.82) is 0 Å². The lowest BCUT2D eigenvalue weighted by Crippen LogP contribution is -2.33. The first-order valence-electron chi connectivity index (χ1n) is 5.65. The number of carboxylic acid groups (broad SMARTS) is 1. The van der Waals surface area contributed by atoms with Crippen molar-refractivity contribution >= 4 is 11.9 Å². The zero-order chi connectivity index (χ0) is 13.5. The van der Waals surface area contributed by atoms with Gasteiger partial charge in [0.2, 0.25) is 0 Å². The van der Waals surface area contributed by atoms with Crippen LogP contribution < -0.4 is 11.1 Å². The molecule has 0 aliphatic heterocycles.